The van der Waals surface area contributed by atoms with Crippen LogP contribution in [0.3, 0.4) is 0 Å². The lowest BCUT2D eigenvalue weighted by atomic mass is 10.1. The Morgan fingerprint density at radius 3 is 2.71 bits per heavy atom. The van der Waals surface area contributed by atoms with Gasteiger partial charge in [0.15, 0.2) is 0 Å². The first kappa shape index (κ1) is 18.5. The minimum absolute atomic E-state index is 0.0349. The molecule has 1 amide bonds. The standard InChI is InChI=1S/C20H19N5OS2/c1-14(15-3-5-18(6-4-15)25-13-21-12-22-25)24(2)19(26)9-17-11-28-20(23-17)16-7-8-27-10-16/h3-8,10-14H,9H2,1-2H3. The maximum Gasteiger partial charge on any atom is 0.228 e. The van der Waals surface area contributed by atoms with E-state index in [0.29, 0.717) is 6.42 Å². The van der Waals surface area contributed by atoms with Gasteiger partial charge < -0.3 is 4.90 Å². The third-order valence-electron chi connectivity index (χ3n) is 4.69. The molecule has 1 aromatic carbocycles. The van der Waals surface area contributed by atoms with Crippen molar-refractivity contribution in [3.05, 3.63) is 70.4 Å². The second-order valence-corrected chi connectivity index (χ2v) is 8.08. The summed E-state index contributed by atoms with van der Waals surface area (Å²) >= 11 is 3.22. The second-order valence-electron chi connectivity index (χ2n) is 6.44. The Hall–Kier alpha value is -2.84. The van der Waals surface area contributed by atoms with Gasteiger partial charge in [-0.25, -0.2) is 14.6 Å². The van der Waals surface area contributed by atoms with Crippen LogP contribution in [0.5, 0.6) is 0 Å². The maximum absolute atomic E-state index is 12.7. The molecule has 0 bridgehead atoms. The van der Waals surface area contributed by atoms with Crippen LogP contribution in [0.25, 0.3) is 16.3 Å². The first-order valence-corrected chi connectivity index (χ1v) is 10.6. The zero-order valence-corrected chi connectivity index (χ0v) is 17.2. The summed E-state index contributed by atoms with van der Waals surface area (Å²) in [6.45, 7) is 2.03. The highest BCUT2D eigenvalue weighted by Crippen LogP contribution is 2.26. The third-order valence-corrected chi connectivity index (χ3v) is 6.31. The molecular formula is C20H19N5OS2. The van der Waals surface area contributed by atoms with E-state index in [1.54, 1.807) is 38.6 Å². The summed E-state index contributed by atoms with van der Waals surface area (Å²) in [6, 6.07) is 10.0. The Morgan fingerprint density at radius 1 is 1.21 bits per heavy atom. The quantitative estimate of drug-likeness (QED) is 0.478. The molecule has 3 aromatic heterocycles. The minimum atomic E-state index is -0.0349. The lowest BCUT2D eigenvalue weighted by Crippen LogP contribution is -2.31. The molecular weight excluding hydrogens is 390 g/mol. The number of aromatic nitrogens is 4. The largest absolute Gasteiger partial charge is 0.339 e. The molecule has 0 aliphatic rings. The van der Waals surface area contributed by atoms with E-state index in [2.05, 4.69) is 20.4 Å². The fourth-order valence-corrected chi connectivity index (χ4v) is 4.41. The van der Waals surface area contributed by atoms with Crippen LogP contribution in [0.4, 0.5) is 0 Å². The summed E-state index contributed by atoms with van der Waals surface area (Å²) in [5.41, 5.74) is 3.93. The molecule has 0 spiro atoms. The Labute approximate surface area is 171 Å². The van der Waals surface area contributed by atoms with Crippen molar-refractivity contribution in [3.8, 4) is 16.3 Å². The number of likely N-dealkylation sites (N-methyl/N-ethyl adjacent to an activating group) is 1. The average Bonchev–Trinajstić information content (AvgIpc) is 3.49. The molecule has 28 heavy (non-hydrogen) atoms. The fraction of sp³-hybridized carbons (Fsp3) is 0.200. The van der Waals surface area contributed by atoms with Gasteiger partial charge in [-0.3, -0.25) is 4.79 Å². The van der Waals surface area contributed by atoms with Crippen LogP contribution in [0.2, 0.25) is 0 Å². The Kier molecular flexibility index (Phi) is 5.31. The van der Waals surface area contributed by atoms with E-state index in [4.69, 9.17) is 0 Å². The first-order chi connectivity index (χ1) is 13.6. The molecule has 0 saturated carbocycles. The number of hydrogen-bond acceptors (Lipinski definition) is 6. The lowest BCUT2D eigenvalue weighted by molar-refractivity contribution is -0.131. The summed E-state index contributed by atoms with van der Waals surface area (Å²) < 4.78 is 1.70. The third kappa shape index (κ3) is 3.88. The zero-order valence-electron chi connectivity index (χ0n) is 15.5. The molecule has 1 atom stereocenters. The monoisotopic (exact) mass is 409 g/mol. The van der Waals surface area contributed by atoms with Gasteiger partial charge in [-0.15, -0.1) is 11.3 Å². The Morgan fingerprint density at radius 2 is 2.04 bits per heavy atom. The number of thiazole rings is 1. The summed E-state index contributed by atoms with van der Waals surface area (Å²) in [6.07, 6.45) is 3.47. The van der Waals surface area contributed by atoms with E-state index in [9.17, 15) is 4.79 Å². The van der Waals surface area contributed by atoms with Crippen molar-refractivity contribution < 1.29 is 4.79 Å². The number of carbonyl (C=O) groups is 1. The molecule has 0 fully saturated rings. The number of hydrogen-bond donors (Lipinski definition) is 0. The van der Waals surface area contributed by atoms with Crippen LogP contribution in [-0.4, -0.2) is 37.6 Å². The van der Waals surface area contributed by atoms with Gasteiger partial charge in [0, 0.05) is 23.4 Å². The molecule has 0 radical (unpaired) electrons. The van der Waals surface area contributed by atoms with Gasteiger partial charge in [-0.05, 0) is 36.1 Å². The van der Waals surface area contributed by atoms with Crippen molar-refractivity contribution in [1.29, 1.82) is 0 Å². The van der Waals surface area contributed by atoms with E-state index < -0.39 is 0 Å². The molecule has 0 saturated heterocycles. The van der Waals surface area contributed by atoms with E-state index in [0.717, 1.165) is 27.5 Å². The van der Waals surface area contributed by atoms with Gasteiger partial charge in [0.05, 0.1) is 23.8 Å². The van der Waals surface area contributed by atoms with Crippen LogP contribution in [0.15, 0.2) is 59.1 Å². The van der Waals surface area contributed by atoms with Crippen molar-refractivity contribution in [2.45, 2.75) is 19.4 Å². The van der Waals surface area contributed by atoms with Crippen molar-refractivity contribution in [2.75, 3.05) is 7.05 Å². The SMILES string of the molecule is CC(c1ccc(-n2cncn2)cc1)N(C)C(=O)Cc1csc(-c2ccsc2)n1. The fourth-order valence-electron chi connectivity index (χ4n) is 2.87. The molecule has 4 aromatic rings. The lowest BCUT2D eigenvalue weighted by Gasteiger charge is -2.25. The Balaban J connectivity index is 1.42. The van der Waals surface area contributed by atoms with Crippen molar-refractivity contribution >= 4 is 28.6 Å². The number of amides is 1. The predicted octanol–water partition coefficient (Wildman–Crippen LogP) is 4.21. The Bertz CT molecular complexity index is 1040. The number of thiophene rings is 1. The zero-order chi connectivity index (χ0) is 19.5. The molecule has 6 nitrogen and oxygen atoms in total. The number of benzene rings is 1. The minimum Gasteiger partial charge on any atom is -0.339 e. The second kappa shape index (κ2) is 8.04. The van der Waals surface area contributed by atoms with Crippen LogP contribution in [-0.2, 0) is 11.2 Å². The highest BCUT2D eigenvalue weighted by atomic mass is 32.1. The highest BCUT2D eigenvalue weighted by Gasteiger charge is 2.19. The number of nitrogens with zero attached hydrogens (tertiary/aromatic N) is 5. The van der Waals surface area contributed by atoms with E-state index in [-0.39, 0.29) is 11.9 Å². The molecule has 1 unspecified atom stereocenters. The van der Waals surface area contributed by atoms with Crippen molar-refractivity contribution in [2.24, 2.45) is 0 Å². The molecule has 4 rings (SSSR count). The molecule has 8 heteroatoms. The van der Waals surface area contributed by atoms with E-state index >= 15 is 0 Å². The topological polar surface area (TPSA) is 63.9 Å². The summed E-state index contributed by atoms with van der Waals surface area (Å²) in [7, 11) is 1.84. The summed E-state index contributed by atoms with van der Waals surface area (Å²) in [4.78, 5) is 23.1. The van der Waals surface area contributed by atoms with Crippen LogP contribution < -0.4 is 0 Å². The number of carbonyl (C=O) groups excluding carboxylic acids is 1. The van der Waals surface area contributed by atoms with Gasteiger partial charge in [-0.1, -0.05) is 12.1 Å². The molecule has 142 valence electrons. The molecule has 0 aliphatic carbocycles. The van der Waals surface area contributed by atoms with Gasteiger partial charge in [0.1, 0.15) is 17.7 Å². The first-order valence-electron chi connectivity index (χ1n) is 8.79. The maximum atomic E-state index is 12.7. The summed E-state index contributed by atoms with van der Waals surface area (Å²) in [5.74, 6) is 0.0509. The van der Waals surface area contributed by atoms with Crippen molar-refractivity contribution in [3.63, 3.8) is 0 Å². The van der Waals surface area contributed by atoms with Gasteiger partial charge in [0.25, 0.3) is 0 Å². The van der Waals surface area contributed by atoms with E-state index in [1.165, 1.54) is 6.33 Å². The van der Waals surface area contributed by atoms with Crippen molar-refractivity contribution in [1.82, 2.24) is 24.6 Å². The summed E-state index contributed by atoms with van der Waals surface area (Å²) in [5, 5.41) is 11.2. The molecule has 0 aliphatic heterocycles. The number of rotatable bonds is 6. The average molecular weight is 410 g/mol. The van der Waals surface area contributed by atoms with Gasteiger partial charge >= 0.3 is 0 Å². The van der Waals surface area contributed by atoms with Crippen LogP contribution in [0.1, 0.15) is 24.2 Å². The smallest absolute Gasteiger partial charge is 0.228 e. The molecule has 3 heterocycles. The predicted molar refractivity (Wildman–Crippen MR) is 112 cm³/mol. The highest BCUT2D eigenvalue weighted by molar-refractivity contribution is 7.14. The van der Waals surface area contributed by atoms with Gasteiger partial charge in [-0.2, -0.15) is 16.4 Å². The van der Waals surface area contributed by atoms with Gasteiger partial charge in [0.2, 0.25) is 5.91 Å². The molecule has 0 N–H and O–H groups in total. The normalized spacial score (nSPS) is 12.1. The van der Waals surface area contributed by atoms with E-state index in [1.807, 2.05) is 55.1 Å². The van der Waals surface area contributed by atoms with Crippen LogP contribution >= 0.6 is 22.7 Å². The van der Waals surface area contributed by atoms with Crippen LogP contribution in [0, 0.1) is 0 Å².